The van der Waals surface area contributed by atoms with E-state index < -0.39 is 31.6 Å². The summed E-state index contributed by atoms with van der Waals surface area (Å²) in [6.45, 7) is 0. The van der Waals surface area contributed by atoms with Gasteiger partial charge in [0, 0.05) is 4.13 Å². The molecule has 0 saturated heterocycles. The van der Waals surface area contributed by atoms with Crippen LogP contribution in [-0.4, -0.2) is 28.4 Å². The van der Waals surface area contributed by atoms with E-state index in [9.17, 15) is 34.4 Å². The Labute approximate surface area is 70.8 Å². The van der Waals surface area contributed by atoms with Crippen molar-refractivity contribution in [1.82, 2.24) is 4.13 Å². The Morgan fingerprint density at radius 1 is 0.769 bits per heavy atom. The molecule has 0 aliphatic carbocycles. The summed E-state index contributed by atoms with van der Waals surface area (Å²) in [7, 11) is -11.4. The molecule has 0 atom stereocenters. The quantitative estimate of drug-likeness (QED) is 0.635. The van der Waals surface area contributed by atoms with Crippen molar-refractivity contribution in [2.24, 2.45) is 0 Å². The Hall–Kier alpha value is -0.420. The van der Waals surface area contributed by atoms with Gasteiger partial charge in [-0.1, -0.05) is 0 Å². The van der Waals surface area contributed by atoms with E-state index in [-0.39, 0.29) is 0 Å². The first kappa shape index (κ1) is 12.6. The van der Waals surface area contributed by atoms with Crippen LogP contribution < -0.4 is 4.13 Å². The van der Waals surface area contributed by atoms with Crippen LogP contribution in [0.2, 0.25) is 0 Å². The van der Waals surface area contributed by atoms with Crippen LogP contribution in [0.4, 0.5) is 17.6 Å². The maximum Gasteiger partial charge on any atom is 0.352 e. The van der Waals surface area contributed by atoms with Crippen molar-refractivity contribution >= 4 is 20.0 Å². The molecule has 0 unspecified atom stereocenters. The van der Waals surface area contributed by atoms with E-state index in [1.165, 1.54) is 4.13 Å². The van der Waals surface area contributed by atoms with Gasteiger partial charge in [-0.05, 0) is 0 Å². The number of rotatable bonds is 4. The molecular weight excluding hydrogens is 242 g/mol. The van der Waals surface area contributed by atoms with Gasteiger partial charge < -0.3 is 0 Å². The molecule has 0 N–H and O–H groups in total. The molecule has 0 aliphatic rings. The summed E-state index contributed by atoms with van der Waals surface area (Å²) in [4.78, 5) is 0. The molecule has 1 radical (unpaired) electrons. The second kappa shape index (κ2) is 3.75. The summed E-state index contributed by atoms with van der Waals surface area (Å²) in [5.41, 5.74) is 0. The first-order chi connectivity index (χ1) is 5.59. The predicted molar refractivity (Wildman–Crippen MR) is 32.0 cm³/mol. The number of halogens is 4. The summed E-state index contributed by atoms with van der Waals surface area (Å²) in [5.74, 6) is -8.28. The standard InChI is InChI=1S/C2H2F4NO4S2/c3-1(4)12(8,9)7-13(10,11)2(5)6/h1-2H. The fourth-order valence-electron chi connectivity index (χ4n) is 0.210. The molecule has 0 aromatic rings. The molecule has 13 heavy (non-hydrogen) atoms. The topological polar surface area (TPSA) is 82.4 Å². The van der Waals surface area contributed by atoms with Crippen LogP contribution in [0.1, 0.15) is 0 Å². The van der Waals surface area contributed by atoms with Gasteiger partial charge in [-0.3, -0.25) is 0 Å². The molecule has 0 spiro atoms. The lowest BCUT2D eigenvalue weighted by atomic mass is 11.7. The Morgan fingerprint density at radius 3 is 1.15 bits per heavy atom. The number of nitrogens with zero attached hydrogens (tertiary/aromatic N) is 1. The normalized spacial score (nSPS) is 14.0. The predicted octanol–water partition coefficient (Wildman–Crippen LogP) is -0.304. The van der Waals surface area contributed by atoms with Crippen LogP contribution in [0.25, 0.3) is 0 Å². The molecule has 5 nitrogen and oxygen atoms in total. The van der Waals surface area contributed by atoms with Gasteiger partial charge in [0.15, 0.2) is 0 Å². The molecule has 0 saturated carbocycles. The van der Waals surface area contributed by atoms with Crippen molar-refractivity contribution in [1.29, 1.82) is 0 Å². The molecule has 0 heterocycles. The average Bonchev–Trinajstić information content (AvgIpc) is 1.83. The van der Waals surface area contributed by atoms with Gasteiger partial charge in [0.05, 0.1) is 0 Å². The fourth-order valence-corrected chi connectivity index (χ4v) is 1.89. The van der Waals surface area contributed by atoms with Crippen molar-refractivity contribution in [3.63, 3.8) is 0 Å². The Balaban J connectivity index is 4.86. The van der Waals surface area contributed by atoms with Gasteiger partial charge >= 0.3 is 31.6 Å². The molecule has 0 amide bonds. The average molecular weight is 244 g/mol. The first-order valence-electron chi connectivity index (χ1n) is 2.38. The van der Waals surface area contributed by atoms with Crippen molar-refractivity contribution in [3.05, 3.63) is 0 Å². The van der Waals surface area contributed by atoms with Crippen LogP contribution in [0.15, 0.2) is 0 Å². The van der Waals surface area contributed by atoms with Gasteiger partial charge in [-0.2, -0.15) is 17.6 Å². The zero-order valence-electron chi connectivity index (χ0n) is 5.56. The van der Waals surface area contributed by atoms with Crippen molar-refractivity contribution < 1.29 is 34.4 Å². The summed E-state index contributed by atoms with van der Waals surface area (Å²) >= 11 is 0. The summed E-state index contributed by atoms with van der Waals surface area (Å²) in [6.07, 6.45) is 0. The van der Waals surface area contributed by atoms with Gasteiger partial charge in [0.25, 0.3) is 0 Å². The summed E-state index contributed by atoms with van der Waals surface area (Å²) < 4.78 is 87.1. The third-order valence-electron chi connectivity index (χ3n) is 0.658. The first-order valence-corrected chi connectivity index (χ1v) is 5.38. The number of hydrogen-bond donors (Lipinski definition) is 0. The highest BCUT2D eigenvalue weighted by molar-refractivity contribution is 8.04. The molecular formula is C2H2F4NO4S2. The lowest BCUT2D eigenvalue weighted by Crippen LogP contribution is -2.32. The number of alkyl halides is 4. The second-order valence-corrected chi connectivity index (χ2v) is 4.99. The third-order valence-corrected chi connectivity index (χ3v) is 3.22. The summed E-state index contributed by atoms with van der Waals surface area (Å²) in [6, 6.07) is 0. The lowest BCUT2D eigenvalue weighted by molar-refractivity contribution is 0.228. The van der Waals surface area contributed by atoms with E-state index in [0.29, 0.717) is 0 Å². The smallest absolute Gasteiger partial charge is 0.204 e. The Bertz CT molecular complexity index is 322. The van der Waals surface area contributed by atoms with Crippen molar-refractivity contribution in [2.75, 3.05) is 0 Å². The van der Waals surface area contributed by atoms with Crippen LogP contribution in [0.5, 0.6) is 0 Å². The lowest BCUT2D eigenvalue weighted by Gasteiger charge is -2.02. The minimum absolute atomic E-state index is 1.38. The minimum Gasteiger partial charge on any atom is -0.204 e. The van der Waals surface area contributed by atoms with Crippen LogP contribution in [0, 0.1) is 0 Å². The van der Waals surface area contributed by atoms with E-state index in [1.807, 2.05) is 0 Å². The van der Waals surface area contributed by atoms with E-state index in [2.05, 4.69) is 0 Å². The SMILES string of the molecule is O=S(=O)([N]S(=O)(=O)C(F)F)C(F)F. The highest BCUT2D eigenvalue weighted by Crippen LogP contribution is 2.10. The monoisotopic (exact) mass is 244 g/mol. The minimum atomic E-state index is -5.68. The molecule has 0 fully saturated rings. The number of hydrogen-bond acceptors (Lipinski definition) is 4. The molecule has 0 rings (SSSR count). The molecule has 11 heteroatoms. The van der Waals surface area contributed by atoms with Crippen molar-refractivity contribution in [2.45, 2.75) is 11.5 Å². The van der Waals surface area contributed by atoms with Crippen LogP contribution in [0.3, 0.4) is 0 Å². The largest absolute Gasteiger partial charge is 0.352 e. The molecule has 79 valence electrons. The van der Waals surface area contributed by atoms with E-state index >= 15 is 0 Å². The highest BCUT2D eigenvalue weighted by Gasteiger charge is 2.37. The van der Waals surface area contributed by atoms with Crippen LogP contribution >= 0.6 is 0 Å². The van der Waals surface area contributed by atoms with Gasteiger partial charge in [0.2, 0.25) is 0 Å². The maximum absolute atomic E-state index is 11.4. The molecule has 0 bridgehead atoms. The second-order valence-electron chi connectivity index (χ2n) is 1.63. The fraction of sp³-hybridized carbons (Fsp3) is 1.00. The third kappa shape index (κ3) is 3.44. The Morgan fingerprint density at radius 2 is 1.00 bits per heavy atom. The van der Waals surface area contributed by atoms with Crippen LogP contribution in [-0.2, 0) is 20.0 Å². The van der Waals surface area contributed by atoms with Gasteiger partial charge in [-0.15, -0.1) is 0 Å². The zero-order valence-corrected chi connectivity index (χ0v) is 7.20. The van der Waals surface area contributed by atoms with Gasteiger partial charge in [-0.25, -0.2) is 16.8 Å². The maximum atomic E-state index is 11.4. The van der Waals surface area contributed by atoms with E-state index in [0.717, 1.165) is 0 Å². The molecule has 0 aromatic carbocycles. The van der Waals surface area contributed by atoms with E-state index in [4.69, 9.17) is 0 Å². The molecule has 0 aromatic heterocycles. The van der Waals surface area contributed by atoms with E-state index in [1.54, 1.807) is 0 Å². The zero-order chi connectivity index (χ0) is 10.9. The molecule has 0 aliphatic heterocycles. The summed E-state index contributed by atoms with van der Waals surface area (Å²) in [5, 5.41) is 0. The number of sulfonamides is 2. The highest BCUT2D eigenvalue weighted by atomic mass is 32.3. The van der Waals surface area contributed by atoms with Gasteiger partial charge in [0.1, 0.15) is 0 Å². The Kier molecular flexibility index (Phi) is 3.63. The van der Waals surface area contributed by atoms with Crippen molar-refractivity contribution in [3.8, 4) is 0 Å².